The molecule has 2 aromatic rings. The van der Waals surface area contributed by atoms with Gasteiger partial charge in [-0.25, -0.2) is 4.79 Å². The summed E-state index contributed by atoms with van der Waals surface area (Å²) in [4.78, 5) is 38.6. The highest BCUT2D eigenvalue weighted by Gasteiger charge is 2.33. The highest BCUT2D eigenvalue weighted by atomic mass is 32.2. The number of rotatable bonds is 10. The van der Waals surface area contributed by atoms with E-state index in [1.54, 1.807) is 16.7 Å². The number of nitrogens with one attached hydrogen (secondary N) is 1. The molecular weight excluding hydrogens is 464 g/mol. The lowest BCUT2D eigenvalue weighted by molar-refractivity contribution is -0.137. The highest BCUT2D eigenvalue weighted by Crippen LogP contribution is 2.44. The molecule has 2 amide bonds. The van der Waals surface area contributed by atoms with Crippen LogP contribution in [0.3, 0.4) is 0 Å². The van der Waals surface area contributed by atoms with Crippen molar-refractivity contribution in [1.82, 2.24) is 10.2 Å². The van der Waals surface area contributed by atoms with E-state index in [0.29, 0.717) is 25.9 Å². The molecule has 2 aliphatic rings. The molecule has 0 saturated carbocycles. The van der Waals surface area contributed by atoms with E-state index in [1.807, 2.05) is 30.5 Å². The third-order valence-electron chi connectivity index (χ3n) is 6.91. The third kappa shape index (κ3) is 5.99. The number of thioether (sulfide) groups is 1. The summed E-state index contributed by atoms with van der Waals surface area (Å²) in [5.74, 6) is -0.0567. The smallest absolute Gasteiger partial charge is 0.407 e. The molecule has 0 aromatic heterocycles. The summed E-state index contributed by atoms with van der Waals surface area (Å²) in [6.07, 6.45) is 3.36. The van der Waals surface area contributed by atoms with Gasteiger partial charge in [-0.2, -0.15) is 11.8 Å². The van der Waals surface area contributed by atoms with E-state index < -0.39 is 18.1 Å². The Bertz CT molecular complexity index is 1030. The van der Waals surface area contributed by atoms with Gasteiger partial charge in [-0.1, -0.05) is 48.5 Å². The first-order chi connectivity index (χ1) is 17.0. The van der Waals surface area contributed by atoms with E-state index in [1.165, 1.54) is 0 Å². The molecule has 186 valence electrons. The minimum Gasteiger partial charge on any atom is -0.481 e. The Morgan fingerprint density at radius 1 is 1.11 bits per heavy atom. The molecule has 2 aromatic carbocycles. The number of amides is 2. The fourth-order valence-electron chi connectivity index (χ4n) is 5.09. The van der Waals surface area contributed by atoms with Gasteiger partial charge in [0, 0.05) is 25.4 Å². The van der Waals surface area contributed by atoms with Crippen LogP contribution in [0.5, 0.6) is 0 Å². The van der Waals surface area contributed by atoms with E-state index >= 15 is 0 Å². The normalized spacial score (nSPS) is 17.5. The lowest BCUT2D eigenvalue weighted by Gasteiger charge is -2.24. The van der Waals surface area contributed by atoms with Crippen molar-refractivity contribution in [2.24, 2.45) is 5.92 Å². The Labute approximate surface area is 210 Å². The lowest BCUT2D eigenvalue weighted by Crippen LogP contribution is -2.48. The number of hydrogen-bond donors (Lipinski definition) is 2. The molecule has 1 aliphatic carbocycles. The number of aliphatic carboxylic acids is 1. The molecule has 1 aliphatic heterocycles. The maximum Gasteiger partial charge on any atom is 0.407 e. The van der Waals surface area contributed by atoms with Crippen molar-refractivity contribution >= 4 is 29.7 Å². The summed E-state index contributed by atoms with van der Waals surface area (Å²) >= 11 is 1.62. The topological polar surface area (TPSA) is 95.9 Å². The highest BCUT2D eigenvalue weighted by molar-refractivity contribution is 7.98. The average molecular weight is 497 g/mol. The Morgan fingerprint density at radius 2 is 1.77 bits per heavy atom. The fourth-order valence-corrected chi connectivity index (χ4v) is 5.56. The molecule has 0 radical (unpaired) electrons. The average Bonchev–Trinajstić information content (AvgIpc) is 3.46. The Hall–Kier alpha value is -3.00. The first-order valence-corrected chi connectivity index (χ1v) is 13.5. The number of ether oxygens (including phenoxy) is 1. The van der Waals surface area contributed by atoms with Crippen LogP contribution in [0.2, 0.25) is 0 Å². The largest absolute Gasteiger partial charge is 0.481 e. The molecule has 0 bridgehead atoms. The monoisotopic (exact) mass is 496 g/mol. The molecule has 4 rings (SSSR count). The van der Waals surface area contributed by atoms with Crippen molar-refractivity contribution < 1.29 is 24.2 Å². The standard InChI is InChI=1S/C27H32N2O5S/c1-35-15-13-24(26(32)29-14-12-18(16-29)10-11-25(30)31)28-27(33)34-17-23-21-8-4-2-6-19(21)20-7-3-5-9-22(20)23/h2-9,18,23-24H,10-17H2,1H3,(H,28,33)(H,30,31). The van der Waals surface area contributed by atoms with Crippen LogP contribution < -0.4 is 5.32 Å². The van der Waals surface area contributed by atoms with Gasteiger partial charge in [-0.3, -0.25) is 9.59 Å². The zero-order chi connectivity index (χ0) is 24.8. The minimum absolute atomic E-state index is 0.0397. The van der Waals surface area contributed by atoms with E-state index in [9.17, 15) is 14.4 Å². The number of likely N-dealkylation sites (tertiary alicyclic amines) is 1. The van der Waals surface area contributed by atoms with Crippen molar-refractivity contribution in [3.63, 3.8) is 0 Å². The fraction of sp³-hybridized carbons (Fsp3) is 0.444. The number of benzene rings is 2. The van der Waals surface area contributed by atoms with Crippen LogP contribution in [-0.4, -0.2) is 65.7 Å². The summed E-state index contributed by atoms with van der Waals surface area (Å²) in [6.45, 7) is 1.32. The number of carboxylic acids is 1. The van der Waals surface area contributed by atoms with Gasteiger partial charge in [-0.05, 0) is 59.4 Å². The number of alkyl carbamates (subject to hydrolysis) is 1. The van der Waals surface area contributed by atoms with Crippen LogP contribution in [0, 0.1) is 5.92 Å². The first kappa shape index (κ1) is 25.1. The Kier molecular flexibility index (Phi) is 8.33. The SMILES string of the molecule is CSCCC(NC(=O)OCC1c2ccccc2-c2ccccc21)C(=O)N1CCC(CCC(=O)O)C1. The van der Waals surface area contributed by atoms with E-state index in [0.717, 1.165) is 34.4 Å². The van der Waals surface area contributed by atoms with Crippen molar-refractivity contribution in [3.05, 3.63) is 59.7 Å². The maximum absolute atomic E-state index is 13.2. The van der Waals surface area contributed by atoms with Gasteiger partial charge in [0.1, 0.15) is 12.6 Å². The second-order valence-electron chi connectivity index (χ2n) is 9.18. The van der Waals surface area contributed by atoms with Crippen LogP contribution in [0.15, 0.2) is 48.5 Å². The van der Waals surface area contributed by atoms with Crippen LogP contribution in [0.4, 0.5) is 4.79 Å². The second kappa shape index (κ2) is 11.6. The Morgan fingerprint density at radius 3 is 2.40 bits per heavy atom. The first-order valence-electron chi connectivity index (χ1n) is 12.1. The van der Waals surface area contributed by atoms with Gasteiger partial charge >= 0.3 is 12.1 Å². The number of carboxylic acid groups (broad SMARTS) is 1. The quantitative estimate of drug-likeness (QED) is 0.507. The Balaban J connectivity index is 1.36. The van der Waals surface area contributed by atoms with Crippen molar-refractivity contribution in [1.29, 1.82) is 0 Å². The molecule has 35 heavy (non-hydrogen) atoms. The van der Waals surface area contributed by atoms with Gasteiger partial charge in [-0.15, -0.1) is 0 Å². The van der Waals surface area contributed by atoms with Gasteiger partial charge in [0.25, 0.3) is 0 Å². The van der Waals surface area contributed by atoms with E-state index in [2.05, 4.69) is 29.6 Å². The number of carbonyl (C=O) groups is 3. The predicted octanol–water partition coefficient (Wildman–Crippen LogP) is 4.36. The molecule has 0 spiro atoms. The van der Waals surface area contributed by atoms with Crippen LogP contribution in [0.1, 0.15) is 42.7 Å². The van der Waals surface area contributed by atoms with Gasteiger partial charge in [0.2, 0.25) is 5.91 Å². The summed E-state index contributed by atoms with van der Waals surface area (Å²) in [6, 6.07) is 15.7. The number of hydrogen-bond acceptors (Lipinski definition) is 5. The molecule has 2 N–H and O–H groups in total. The maximum atomic E-state index is 13.2. The molecule has 8 heteroatoms. The zero-order valence-corrected chi connectivity index (χ0v) is 20.8. The second-order valence-corrected chi connectivity index (χ2v) is 10.2. The summed E-state index contributed by atoms with van der Waals surface area (Å²) in [5.41, 5.74) is 4.61. The number of nitrogens with zero attached hydrogens (tertiary/aromatic N) is 1. The summed E-state index contributed by atoms with van der Waals surface area (Å²) in [5, 5.41) is 11.7. The van der Waals surface area contributed by atoms with Crippen molar-refractivity contribution in [3.8, 4) is 11.1 Å². The van der Waals surface area contributed by atoms with E-state index in [4.69, 9.17) is 9.84 Å². The van der Waals surface area contributed by atoms with Gasteiger partial charge in [0.05, 0.1) is 0 Å². The zero-order valence-electron chi connectivity index (χ0n) is 19.9. The number of carbonyl (C=O) groups excluding carboxylic acids is 2. The van der Waals surface area contributed by atoms with Crippen molar-refractivity contribution in [2.45, 2.75) is 37.6 Å². The van der Waals surface area contributed by atoms with Gasteiger partial charge in [0.15, 0.2) is 0 Å². The molecule has 1 heterocycles. The predicted molar refractivity (Wildman–Crippen MR) is 137 cm³/mol. The molecular formula is C27H32N2O5S. The summed E-state index contributed by atoms with van der Waals surface area (Å²) in [7, 11) is 0. The minimum atomic E-state index is -0.815. The summed E-state index contributed by atoms with van der Waals surface area (Å²) < 4.78 is 5.66. The number of fused-ring (bicyclic) bond motifs is 3. The van der Waals surface area contributed by atoms with Crippen molar-refractivity contribution in [2.75, 3.05) is 31.7 Å². The van der Waals surface area contributed by atoms with Crippen LogP contribution >= 0.6 is 11.8 Å². The van der Waals surface area contributed by atoms with Gasteiger partial charge < -0.3 is 20.1 Å². The molecule has 1 saturated heterocycles. The van der Waals surface area contributed by atoms with Crippen LogP contribution in [0.25, 0.3) is 11.1 Å². The van der Waals surface area contributed by atoms with E-state index in [-0.39, 0.29) is 30.8 Å². The lowest BCUT2D eigenvalue weighted by atomic mass is 9.98. The molecule has 2 unspecified atom stereocenters. The molecule has 2 atom stereocenters. The van der Waals surface area contributed by atoms with Crippen LogP contribution in [-0.2, 0) is 14.3 Å². The molecule has 7 nitrogen and oxygen atoms in total. The molecule has 1 fully saturated rings. The third-order valence-corrected chi connectivity index (χ3v) is 7.55.